The van der Waals surface area contributed by atoms with E-state index in [2.05, 4.69) is 10.1 Å². The van der Waals surface area contributed by atoms with Crippen molar-refractivity contribution in [1.29, 1.82) is 0 Å². The van der Waals surface area contributed by atoms with Gasteiger partial charge in [0.05, 0.1) is 24.4 Å². The van der Waals surface area contributed by atoms with Crippen LogP contribution in [-0.4, -0.2) is 28.7 Å². The number of halogens is 1. The number of thiophene rings is 1. The van der Waals surface area contributed by atoms with Crippen LogP contribution in [0.15, 0.2) is 46.2 Å². The summed E-state index contributed by atoms with van der Waals surface area (Å²) in [6.07, 6.45) is 0.610. The van der Waals surface area contributed by atoms with Gasteiger partial charge in [0.1, 0.15) is 10.9 Å². The lowest BCUT2D eigenvalue weighted by atomic mass is 9.99. The molecule has 0 fully saturated rings. The van der Waals surface area contributed by atoms with Crippen molar-refractivity contribution in [2.24, 2.45) is 5.10 Å². The van der Waals surface area contributed by atoms with Gasteiger partial charge in [0.2, 0.25) is 5.91 Å². The molecule has 4 rings (SSSR count). The number of aromatic nitrogens is 1. The van der Waals surface area contributed by atoms with E-state index in [1.54, 1.807) is 18.4 Å². The van der Waals surface area contributed by atoms with E-state index in [9.17, 15) is 4.79 Å². The molecule has 2 aromatic heterocycles. The van der Waals surface area contributed by atoms with Crippen LogP contribution in [0.4, 0.5) is 0 Å². The van der Waals surface area contributed by atoms with Crippen LogP contribution in [0.1, 0.15) is 30.5 Å². The average Bonchev–Trinajstić information content (AvgIpc) is 3.30. The van der Waals surface area contributed by atoms with Crippen LogP contribution in [0.5, 0.6) is 5.75 Å². The Hall–Kier alpha value is -2.44. The molecule has 3 aromatic rings. The Balaban J connectivity index is 1.76. The number of carbonyl (C=O) groups excluding carboxylic acids is 1. The summed E-state index contributed by atoms with van der Waals surface area (Å²) in [5.41, 5.74) is 3.48. The second-order valence-corrected chi connectivity index (χ2v) is 7.21. The molecule has 0 N–H and O–H groups in total. The molecule has 0 saturated heterocycles. The molecule has 0 aliphatic carbocycles. The first-order valence-corrected chi connectivity index (χ1v) is 9.43. The maximum Gasteiger partial charge on any atom is 0.240 e. The maximum atomic E-state index is 12.1. The minimum atomic E-state index is -0.256. The van der Waals surface area contributed by atoms with Crippen molar-refractivity contribution in [3.05, 3.63) is 57.4 Å². The summed E-state index contributed by atoms with van der Waals surface area (Å²) in [6.45, 7) is 1.51. The third kappa shape index (κ3) is 2.95. The van der Waals surface area contributed by atoms with Gasteiger partial charge in [-0.15, -0.1) is 0 Å². The van der Waals surface area contributed by atoms with Gasteiger partial charge in [-0.2, -0.15) is 16.4 Å². The van der Waals surface area contributed by atoms with E-state index < -0.39 is 0 Å². The molecule has 7 heteroatoms. The van der Waals surface area contributed by atoms with Crippen molar-refractivity contribution in [2.75, 3.05) is 7.11 Å². The van der Waals surface area contributed by atoms with Crippen LogP contribution in [-0.2, 0) is 4.79 Å². The Bertz CT molecular complexity index is 1020. The minimum absolute atomic E-state index is 0.119. The molecule has 0 bridgehead atoms. The fraction of sp³-hybridized carbons (Fsp3) is 0.211. The number of pyridine rings is 1. The minimum Gasteiger partial charge on any atom is -0.497 e. The SMILES string of the molecule is COc1ccc2cc(C3CC(c4ccsc4)=NN3C(C)=O)c(Cl)nc2c1. The second-order valence-electron chi connectivity index (χ2n) is 6.07. The topological polar surface area (TPSA) is 54.8 Å². The fourth-order valence-electron chi connectivity index (χ4n) is 3.15. The lowest BCUT2D eigenvalue weighted by Crippen LogP contribution is -2.24. The molecule has 132 valence electrons. The van der Waals surface area contributed by atoms with Crippen molar-refractivity contribution < 1.29 is 9.53 Å². The van der Waals surface area contributed by atoms with Crippen LogP contribution in [0.3, 0.4) is 0 Å². The molecule has 1 aromatic carbocycles. The smallest absolute Gasteiger partial charge is 0.240 e. The molecular weight excluding hydrogens is 370 g/mol. The zero-order valence-electron chi connectivity index (χ0n) is 14.3. The molecule has 0 spiro atoms. The van der Waals surface area contributed by atoms with Crippen molar-refractivity contribution in [3.63, 3.8) is 0 Å². The van der Waals surface area contributed by atoms with E-state index in [1.165, 1.54) is 11.9 Å². The summed E-state index contributed by atoms with van der Waals surface area (Å²) in [5.74, 6) is 0.606. The monoisotopic (exact) mass is 385 g/mol. The van der Waals surface area contributed by atoms with Crippen molar-refractivity contribution >= 4 is 45.5 Å². The van der Waals surface area contributed by atoms with Gasteiger partial charge < -0.3 is 4.74 Å². The summed E-state index contributed by atoms with van der Waals surface area (Å²) >= 11 is 8.09. The number of rotatable bonds is 3. The van der Waals surface area contributed by atoms with Crippen LogP contribution in [0.2, 0.25) is 5.15 Å². The summed E-state index contributed by atoms with van der Waals surface area (Å²) in [4.78, 5) is 16.7. The normalized spacial score (nSPS) is 16.8. The standard InChI is InChI=1S/C19H16ClN3O2S/c1-11(24)23-18(9-17(22-23)13-5-6-26-10-13)15-7-12-3-4-14(25-2)8-16(12)21-19(15)20/h3-8,10,18H,9H2,1-2H3. The van der Waals surface area contributed by atoms with E-state index >= 15 is 0 Å². The zero-order chi connectivity index (χ0) is 18.3. The number of amides is 1. The number of hydrazone groups is 1. The Kier molecular flexibility index (Phi) is 4.38. The van der Waals surface area contributed by atoms with Gasteiger partial charge >= 0.3 is 0 Å². The van der Waals surface area contributed by atoms with Crippen LogP contribution in [0, 0.1) is 0 Å². The highest BCUT2D eigenvalue weighted by atomic mass is 35.5. The van der Waals surface area contributed by atoms with Gasteiger partial charge in [0, 0.05) is 35.9 Å². The van der Waals surface area contributed by atoms with Crippen molar-refractivity contribution in [2.45, 2.75) is 19.4 Å². The third-order valence-electron chi connectivity index (χ3n) is 4.45. The molecule has 0 radical (unpaired) electrons. The van der Waals surface area contributed by atoms with Crippen LogP contribution in [0.25, 0.3) is 10.9 Å². The van der Waals surface area contributed by atoms with E-state index in [0.717, 1.165) is 33.5 Å². The van der Waals surface area contributed by atoms with Gasteiger partial charge in [0.25, 0.3) is 0 Å². The first-order valence-electron chi connectivity index (χ1n) is 8.11. The molecule has 26 heavy (non-hydrogen) atoms. The first kappa shape index (κ1) is 17.0. The van der Waals surface area contributed by atoms with Gasteiger partial charge in [-0.25, -0.2) is 9.99 Å². The molecule has 5 nitrogen and oxygen atoms in total. The Morgan fingerprint density at radius 3 is 2.88 bits per heavy atom. The van der Waals surface area contributed by atoms with Crippen LogP contribution < -0.4 is 4.74 Å². The van der Waals surface area contributed by atoms with E-state index in [4.69, 9.17) is 16.3 Å². The molecule has 1 aliphatic heterocycles. The largest absolute Gasteiger partial charge is 0.497 e. The Labute approximate surface area is 159 Å². The lowest BCUT2D eigenvalue weighted by Gasteiger charge is -2.21. The molecule has 0 saturated carbocycles. The molecule has 1 atom stereocenters. The van der Waals surface area contributed by atoms with E-state index in [-0.39, 0.29) is 11.9 Å². The Morgan fingerprint density at radius 1 is 1.35 bits per heavy atom. The quantitative estimate of drug-likeness (QED) is 0.616. The Morgan fingerprint density at radius 2 is 2.19 bits per heavy atom. The highest BCUT2D eigenvalue weighted by Crippen LogP contribution is 2.37. The van der Waals surface area contributed by atoms with E-state index in [0.29, 0.717) is 11.6 Å². The predicted molar refractivity (Wildman–Crippen MR) is 104 cm³/mol. The summed E-state index contributed by atoms with van der Waals surface area (Å²) in [5, 5.41) is 11.4. The first-order chi connectivity index (χ1) is 12.6. The highest BCUT2D eigenvalue weighted by molar-refractivity contribution is 7.08. The van der Waals surface area contributed by atoms with Crippen molar-refractivity contribution in [3.8, 4) is 5.75 Å². The van der Waals surface area contributed by atoms with E-state index in [1.807, 2.05) is 41.1 Å². The molecule has 1 aliphatic rings. The van der Waals surface area contributed by atoms with Gasteiger partial charge in [0.15, 0.2) is 0 Å². The lowest BCUT2D eigenvalue weighted by molar-refractivity contribution is -0.130. The number of nitrogens with zero attached hydrogens (tertiary/aromatic N) is 3. The third-order valence-corrected chi connectivity index (χ3v) is 5.44. The predicted octanol–water partition coefficient (Wildman–Crippen LogP) is 4.66. The molecule has 1 unspecified atom stereocenters. The fourth-order valence-corrected chi connectivity index (χ4v) is 4.08. The number of fused-ring (bicyclic) bond motifs is 1. The van der Waals surface area contributed by atoms with Gasteiger partial charge in [-0.1, -0.05) is 11.6 Å². The van der Waals surface area contributed by atoms with Gasteiger partial charge in [-0.3, -0.25) is 4.79 Å². The molecule has 1 amide bonds. The van der Waals surface area contributed by atoms with Gasteiger partial charge in [-0.05, 0) is 35.0 Å². The average molecular weight is 386 g/mol. The van der Waals surface area contributed by atoms with Crippen LogP contribution >= 0.6 is 22.9 Å². The number of methoxy groups -OCH3 is 1. The maximum absolute atomic E-state index is 12.1. The second kappa shape index (κ2) is 6.70. The number of ether oxygens (including phenoxy) is 1. The summed E-state index contributed by atoms with van der Waals surface area (Å²) < 4.78 is 5.24. The number of hydrogen-bond acceptors (Lipinski definition) is 5. The summed E-state index contributed by atoms with van der Waals surface area (Å²) in [7, 11) is 1.61. The summed E-state index contributed by atoms with van der Waals surface area (Å²) in [6, 6.07) is 9.40. The highest BCUT2D eigenvalue weighted by Gasteiger charge is 2.33. The number of hydrogen-bond donors (Lipinski definition) is 0. The zero-order valence-corrected chi connectivity index (χ0v) is 15.8. The number of benzene rings is 1. The molecule has 3 heterocycles. The van der Waals surface area contributed by atoms with Crippen molar-refractivity contribution in [1.82, 2.24) is 9.99 Å². The number of carbonyl (C=O) groups is 1. The molecular formula is C19H16ClN3O2S.